The van der Waals surface area contributed by atoms with E-state index in [1.807, 2.05) is 30.3 Å². The van der Waals surface area contributed by atoms with Gasteiger partial charge in [-0.05, 0) is 62.1 Å². The monoisotopic (exact) mass is 438 g/mol. The Morgan fingerprint density at radius 2 is 1.33 bits per heavy atom. The molecule has 1 unspecified atom stereocenters. The van der Waals surface area contributed by atoms with Crippen molar-refractivity contribution in [2.45, 2.75) is 31.3 Å². The maximum atomic E-state index is 13.1. The summed E-state index contributed by atoms with van der Waals surface area (Å²) >= 11 is 0. The van der Waals surface area contributed by atoms with E-state index in [4.69, 9.17) is 9.47 Å². The molecule has 0 amide bonds. The molecule has 5 heteroatoms. The first-order valence-electron chi connectivity index (χ1n) is 12.0. The Balaban J connectivity index is 1.45. The van der Waals surface area contributed by atoms with E-state index in [2.05, 4.69) is 40.1 Å². The number of hydrogen-bond donors (Lipinski definition) is 0. The molecule has 1 atom stereocenters. The van der Waals surface area contributed by atoms with E-state index < -0.39 is 5.60 Å². The van der Waals surface area contributed by atoms with Crippen LogP contribution >= 0.6 is 0 Å². The summed E-state index contributed by atoms with van der Waals surface area (Å²) < 4.78 is 12.8. The fraction of sp³-hybridized carbons (Fsp3) is 0.321. The maximum Gasteiger partial charge on any atom is 0.340 e. The number of anilines is 2. The summed E-state index contributed by atoms with van der Waals surface area (Å²) in [5, 5.41) is 0. The van der Waals surface area contributed by atoms with E-state index in [0.717, 1.165) is 65.7 Å². The number of rotatable bonds is 2. The highest BCUT2D eigenvalue weighted by Gasteiger charge is 2.53. The van der Waals surface area contributed by atoms with Gasteiger partial charge in [-0.1, -0.05) is 18.2 Å². The topological polar surface area (TPSA) is 42.0 Å². The minimum absolute atomic E-state index is 0.278. The standard InChI is InChI=1S/C28H26N2O3/c31-27-21-7-1-2-8-22(21)28(33-27)23-11-9-20(30-15-5-6-16-30)18-26(23)32-25-12-10-19(17-24(25)28)29-13-3-4-14-29/h1-2,7-12,17-18H,3-6,13-16H2. The SMILES string of the molecule is O=C1OC2(c3ccc(N4CCCC4)cc3Oc3ccc(N4CCCC4)cc32)c2ccccc21. The molecule has 3 aromatic carbocycles. The summed E-state index contributed by atoms with van der Waals surface area (Å²) in [5.74, 6) is 1.25. The summed E-state index contributed by atoms with van der Waals surface area (Å²) in [6.07, 6.45) is 4.85. The molecule has 0 saturated carbocycles. The highest BCUT2D eigenvalue weighted by Crippen LogP contribution is 2.57. The predicted molar refractivity (Wildman–Crippen MR) is 128 cm³/mol. The van der Waals surface area contributed by atoms with Crippen LogP contribution in [0.5, 0.6) is 11.5 Å². The number of carbonyl (C=O) groups is 1. The summed E-state index contributed by atoms with van der Waals surface area (Å²) in [6.45, 7) is 4.24. The van der Waals surface area contributed by atoms with Crippen molar-refractivity contribution in [1.82, 2.24) is 0 Å². The van der Waals surface area contributed by atoms with Crippen LogP contribution < -0.4 is 14.5 Å². The maximum absolute atomic E-state index is 13.1. The first-order valence-corrected chi connectivity index (χ1v) is 12.0. The molecular formula is C28H26N2O3. The molecule has 3 aromatic rings. The van der Waals surface area contributed by atoms with Crippen molar-refractivity contribution in [3.63, 3.8) is 0 Å². The number of benzene rings is 3. The van der Waals surface area contributed by atoms with Gasteiger partial charge in [0.2, 0.25) is 0 Å². The van der Waals surface area contributed by atoms with Crippen LogP contribution in [-0.2, 0) is 10.3 Å². The van der Waals surface area contributed by atoms with Crippen molar-refractivity contribution in [1.29, 1.82) is 0 Å². The Morgan fingerprint density at radius 1 is 0.667 bits per heavy atom. The van der Waals surface area contributed by atoms with Gasteiger partial charge in [0.25, 0.3) is 0 Å². The molecule has 2 saturated heterocycles. The summed E-state index contributed by atoms with van der Waals surface area (Å²) in [7, 11) is 0. The van der Waals surface area contributed by atoms with E-state index >= 15 is 0 Å². The van der Waals surface area contributed by atoms with Crippen LogP contribution in [0.1, 0.15) is 52.7 Å². The minimum Gasteiger partial charge on any atom is -0.456 e. The molecule has 2 fully saturated rings. The van der Waals surface area contributed by atoms with Crippen molar-refractivity contribution in [3.05, 3.63) is 82.9 Å². The van der Waals surface area contributed by atoms with Gasteiger partial charge in [0.15, 0.2) is 5.60 Å². The highest BCUT2D eigenvalue weighted by atomic mass is 16.6. The lowest BCUT2D eigenvalue weighted by atomic mass is 9.77. The second-order valence-corrected chi connectivity index (χ2v) is 9.47. The van der Waals surface area contributed by atoms with Crippen LogP contribution in [-0.4, -0.2) is 32.1 Å². The van der Waals surface area contributed by atoms with E-state index in [1.165, 1.54) is 25.7 Å². The third kappa shape index (κ3) is 2.68. The van der Waals surface area contributed by atoms with Gasteiger partial charge >= 0.3 is 5.97 Å². The van der Waals surface area contributed by atoms with Gasteiger partial charge in [-0.25, -0.2) is 4.79 Å². The number of fused-ring (bicyclic) bond motifs is 6. The normalized spacial score (nSPS) is 22.7. The molecule has 33 heavy (non-hydrogen) atoms. The minimum atomic E-state index is -0.990. The smallest absolute Gasteiger partial charge is 0.340 e. The van der Waals surface area contributed by atoms with Gasteiger partial charge in [-0.15, -0.1) is 0 Å². The highest BCUT2D eigenvalue weighted by molar-refractivity contribution is 5.97. The van der Waals surface area contributed by atoms with Crippen molar-refractivity contribution in [2.24, 2.45) is 0 Å². The van der Waals surface area contributed by atoms with E-state index in [0.29, 0.717) is 5.56 Å². The molecule has 7 rings (SSSR count). The Hall–Kier alpha value is -3.47. The molecule has 0 aromatic heterocycles. The zero-order valence-electron chi connectivity index (χ0n) is 18.5. The zero-order chi connectivity index (χ0) is 22.0. The number of esters is 1. The van der Waals surface area contributed by atoms with Crippen molar-refractivity contribution >= 4 is 17.3 Å². The fourth-order valence-corrected chi connectivity index (χ4v) is 5.99. The van der Waals surface area contributed by atoms with Crippen LogP contribution in [0.3, 0.4) is 0 Å². The number of ether oxygens (including phenoxy) is 2. The molecule has 5 nitrogen and oxygen atoms in total. The second kappa shape index (κ2) is 7.01. The van der Waals surface area contributed by atoms with Crippen molar-refractivity contribution in [3.8, 4) is 11.5 Å². The average Bonchev–Trinajstić information content (AvgIpc) is 3.62. The van der Waals surface area contributed by atoms with Gasteiger partial charge in [-0.2, -0.15) is 0 Å². The molecule has 0 radical (unpaired) electrons. The van der Waals surface area contributed by atoms with Gasteiger partial charge < -0.3 is 19.3 Å². The molecule has 0 bridgehead atoms. The first-order chi connectivity index (χ1) is 16.2. The van der Waals surface area contributed by atoms with Crippen LogP contribution in [0.4, 0.5) is 11.4 Å². The lowest BCUT2D eigenvalue weighted by Gasteiger charge is -2.37. The fourth-order valence-electron chi connectivity index (χ4n) is 5.99. The molecule has 0 aliphatic carbocycles. The Kier molecular flexibility index (Phi) is 4.05. The number of carbonyl (C=O) groups excluding carboxylic acids is 1. The molecule has 4 aliphatic rings. The molecule has 4 heterocycles. The summed E-state index contributed by atoms with van der Waals surface area (Å²) in [6, 6.07) is 20.5. The Labute approximate surface area is 193 Å². The van der Waals surface area contributed by atoms with Gasteiger partial charge in [0, 0.05) is 60.3 Å². The number of nitrogens with zero attached hydrogens (tertiary/aromatic N) is 2. The molecular weight excluding hydrogens is 412 g/mol. The predicted octanol–water partition coefficient (Wildman–Crippen LogP) is 5.46. The molecule has 1 spiro atoms. The lowest BCUT2D eigenvalue weighted by Crippen LogP contribution is -2.33. The Bertz CT molecular complexity index is 1270. The summed E-state index contributed by atoms with van der Waals surface area (Å²) in [5.41, 5.74) is 4.67. The van der Waals surface area contributed by atoms with Gasteiger partial charge in [0.05, 0.1) is 5.56 Å². The summed E-state index contributed by atoms with van der Waals surface area (Å²) in [4.78, 5) is 17.9. The third-order valence-corrected chi connectivity index (χ3v) is 7.62. The van der Waals surface area contributed by atoms with Crippen LogP contribution in [0.2, 0.25) is 0 Å². The van der Waals surface area contributed by atoms with Crippen LogP contribution in [0.15, 0.2) is 60.7 Å². The first kappa shape index (κ1) is 19.0. The average molecular weight is 439 g/mol. The van der Waals surface area contributed by atoms with Crippen molar-refractivity contribution < 1.29 is 14.3 Å². The van der Waals surface area contributed by atoms with Crippen LogP contribution in [0, 0.1) is 0 Å². The van der Waals surface area contributed by atoms with Gasteiger partial charge in [-0.3, -0.25) is 0 Å². The third-order valence-electron chi connectivity index (χ3n) is 7.62. The van der Waals surface area contributed by atoms with Crippen LogP contribution in [0.25, 0.3) is 0 Å². The quantitative estimate of drug-likeness (QED) is 0.498. The van der Waals surface area contributed by atoms with E-state index in [9.17, 15) is 4.79 Å². The zero-order valence-corrected chi connectivity index (χ0v) is 18.5. The van der Waals surface area contributed by atoms with Crippen molar-refractivity contribution in [2.75, 3.05) is 36.0 Å². The number of hydrogen-bond acceptors (Lipinski definition) is 5. The molecule has 166 valence electrons. The largest absolute Gasteiger partial charge is 0.456 e. The lowest BCUT2D eigenvalue weighted by molar-refractivity contribution is 0.0224. The van der Waals surface area contributed by atoms with E-state index in [-0.39, 0.29) is 5.97 Å². The van der Waals surface area contributed by atoms with E-state index in [1.54, 1.807) is 0 Å². The molecule has 0 N–H and O–H groups in total. The molecule has 4 aliphatic heterocycles. The Morgan fingerprint density at radius 3 is 2.09 bits per heavy atom. The second-order valence-electron chi connectivity index (χ2n) is 9.47. The van der Waals surface area contributed by atoms with Gasteiger partial charge in [0.1, 0.15) is 11.5 Å².